The summed E-state index contributed by atoms with van der Waals surface area (Å²) in [4.78, 5) is 32.3. The predicted octanol–water partition coefficient (Wildman–Crippen LogP) is 3.98. The normalized spacial score (nSPS) is 21.3. The van der Waals surface area contributed by atoms with E-state index < -0.39 is 5.60 Å². The summed E-state index contributed by atoms with van der Waals surface area (Å²) in [6, 6.07) is 12.9. The fourth-order valence-electron chi connectivity index (χ4n) is 6.90. The van der Waals surface area contributed by atoms with Crippen LogP contribution in [0.3, 0.4) is 0 Å². The monoisotopic (exact) mass is 566 g/mol. The van der Waals surface area contributed by atoms with E-state index >= 15 is 0 Å². The Bertz CT molecular complexity index is 1720. The van der Waals surface area contributed by atoms with E-state index in [4.69, 9.17) is 9.97 Å². The van der Waals surface area contributed by atoms with Crippen LogP contribution in [0.25, 0.3) is 16.9 Å². The predicted molar refractivity (Wildman–Crippen MR) is 165 cm³/mol. The van der Waals surface area contributed by atoms with E-state index in [0.29, 0.717) is 34.5 Å². The summed E-state index contributed by atoms with van der Waals surface area (Å²) in [6.07, 6.45) is 8.38. The SMILES string of the molecule is C=CCn1c(=O)c2cnc(Nc3ccc(N4CCC(N(C)C)CC4)cc3)nc2n1-c1ccc2c(n1)[C@@](C)(O)C1(CC1)C2. The van der Waals surface area contributed by atoms with Crippen molar-refractivity contribution >= 4 is 28.4 Å². The van der Waals surface area contributed by atoms with Crippen LogP contribution in [0.4, 0.5) is 17.3 Å². The minimum atomic E-state index is -0.999. The molecule has 1 aromatic carbocycles. The fraction of sp³-hybridized carbons (Fsp3) is 0.438. The van der Waals surface area contributed by atoms with Gasteiger partial charge < -0.3 is 20.2 Å². The third-order valence-corrected chi connectivity index (χ3v) is 9.72. The molecule has 7 rings (SSSR count). The number of rotatable bonds is 7. The summed E-state index contributed by atoms with van der Waals surface area (Å²) >= 11 is 0. The zero-order valence-corrected chi connectivity index (χ0v) is 24.5. The zero-order chi connectivity index (χ0) is 29.2. The van der Waals surface area contributed by atoms with Gasteiger partial charge in [0.05, 0.1) is 12.2 Å². The molecule has 2 fully saturated rings. The number of benzene rings is 1. The van der Waals surface area contributed by atoms with E-state index in [1.54, 1.807) is 21.6 Å². The van der Waals surface area contributed by atoms with Gasteiger partial charge in [-0.15, -0.1) is 6.58 Å². The average molecular weight is 567 g/mol. The van der Waals surface area contributed by atoms with Gasteiger partial charge in [-0.25, -0.2) is 19.3 Å². The minimum absolute atomic E-state index is 0.113. The maximum atomic E-state index is 13.4. The van der Waals surface area contributed by atoms with Gasteiger partial charge in [0.2, 0.25) is 5.95 Å². The molecule has 4 heterocycles. The highest BCUT2D eigenvalue weighted by atomic mass is 16.3. The summed E-state index contributed by atoms with van der Waals surface area (Å²) in [5.41, 5.74) is 2.95. The number of aliphatic hydroxyl groups is 1. The van der Waals surface area contributed by atoms with E-state index in [1.165, 1.54) is 5.69 Å². The first-order chi connectivity index (χ1) is 20.2. The first-order valence-electron chi connectivity index (χ1n) is 14.8. The van der Waals surface area contributed by atoms with Crippen LogP contribution in [-0.4, -0.2) is 67.5 Å². The molecule has 0 unspecified atom stereocenters. The highest BCUT2D eigenvalue weighted by molar-refractivity contribution is 5.77. The van der Waals surface area contributed by atoms with Crippen LogP contribution in [0.5, 0.6) is 0 Å². The number of aromatic nitrogens is 5. The first-order valence-corrected chi connectivity index (χ1v) is 14.8. The lowest BCUT2D eigenvalue weighted by Crippen LogP contribution is -2.41. The van der Waals surface area contributed by atoms with Gasteiger partial charge in [-0.2, -0.15) is 4.98 Å². The summed E-state index contributed by atoms with van der Waals surface area (Å²) in [7, 11) is 4.31. The van der Waals surface area contributed by atoms with E-state index in [-0.39, 0.29) is 17.5 Å². The van der Waals surface area contributed by atoms with Gasteiger partial charge in [0.15, 0.2) is 11.5 Å². The number of hydrogen-bond donors (Lipinski definition) is 2. The lowest BCUT2D eigenvalue weighted by atomic mass is 9.88. The third-order valence-electron chi connectivity index (χ3n) is 9.72. The molecule has 10 heteroatoms. The number of allylic oxidation sites excluding steroid dienone is 1. The van der Waals surface area contributed by atoms with E-state index in [0.717, 1.165) is 56.4 Å². The summed E-state index contributed by atoms with van der Waals surface area (Å²) < 4.78 is 3.29. The Kier molecular flexibility index (Phi) is 6.25. The van der Waals surface area contributed by atoms with Crippen LogP contribution >= 0.6 is 0 Å². The molecule has 3 aliphatic rings. The topological polar surface area (TPSA) is 104 Å². The van der Waals surface area contributed by atoms with Crippen molar-refractivity contribution in [1.82, 2.24) is 29.2 Å². The molecule has 1 saturated carbocycles. The van der Waals surface area contributed by atoms with Crippen LogP contribution in [-0.2, 0) is 18.6 Å². The van der Waals surface area contributed by atoms with Crippen molar-refractivity contribution in [2.45, 2.75) is 57.2 Å². The Morgan fingerprint density at radius 1 is 1.12 bits per heavy atom. The molecule has 10 nitrogen and oxygen atoms in total. The van der Waals surface area contributed by atoms with Gasteiger partial charge >= 0.3 is 0 Å². The highest BCUT2D eigenvalue weighted by Crippen LogP contribution is 2.64. The standard InChI is InChI=1S/C32H38N8O2/c1-5-16-39-29(41)25-20-33-30(34-22-7-9-24(10-8-22)38-17-12-23(13-18-38)37(3)4)36-28(25)40(39)26-11-6-21-19-32(14-15-32)31(2,42)27(21)35-26/h5-11,20,23,42H,1,12-19H2,2-4H3,(H,33,34,36)/t31-/m1/s1. The van der Waals surface area contributed by atoms with Gasteiger partial charge in [-0.3, -0.25) is 4.79 Å². The molecule has 1 saturated heterocycles. The van der Waals surface area contributed by atoms with Crippen LogP contribution in [0.1, 0.15) is 43.9 Å². The lowest BCUT2D eigenvalue weighted by molar-refractivity contribution is -0.0102. The van der Waals surface area contributed by atoms with Crippen molar-refractivity contribution < 1.29 is 5.11 Å². The number of fused-ring (bicyclic) bond motifs is 2. The average Bonchev–Trinajstić information content (AvgIpc) is 3.69. The molecular formula is C32H38N8O2. The number of pyridine rings is 1. The Hall–Kier alpha value is -4.02. The number of nitrogens with one attached hydrogen (secondary N) is 1. The van der Waals surface area contributed by atoms with E-state index in [9.17, 15) is 9.90 Å². The Labute approximate surface area is 245 Å². The highest BCUT2D eigenvalue weighted by Gasteiger charge is 2.62. The molecule has 1 spiro atoms. The molecule has 4 aromatic rings. The molecule has 218 valence electrons. The molecule has 0 bridgehead atoms. The number of nitrogens with zero attached hydrogens (tertiary/aromatic N) is 7. The smallest absolute Gasteiger partial charge is 0.278 e. The van der Waals surface area contributed by atoms with Crippen LogP contribution in [0.2, 0.25) is 0 Å². The largest absolute Gasteiger partial charge is 0.383 e. The molecular weight excluding hydrogens is 528 g/mol. The van der Waals surface area contributed by atoms with Crippen molar-refractivity contribution in [1.29, 1.82) is 0 Å². The van der Waals surface area contributed by atoms with Gasteiger partial charge in [-0.1, -0.05) is 12.1 Å². The fourth-order valence-corrected chi connectivity index (χ4v) is 6.90. The Morgan fingerprint density at radius 3 is 2.52 bits per heavy atom. The second kappa shape index (κ2) is 9.78. The molecule has 0 amide bonds. The molecule has 0 radical (unpaired) electrons. The van der Waals surface area contributed by atoms with E-state index in [2.05, 4.69) is 52.9 Å². The molecule has 2 aliphatic carbocycles. The second-order valence-electron chi connectivity index (χ2n) is 12.5. The van der Waals surface area contributed by atoms with Gasteiger partial charge in [0.25, 0.3) is 5.56 Å². The lowest BCUT2D eigenvalue weighted by Gasteiger charge is -2.36. The van der Waals surface area contributed by atoms with Crippen LogP contribution < -0.4 is 15.8 Å². The van der Waals surface area contributed by atoms with Crippen molar-refractivity contribution in [3.8, 4) is 5.82 Å². The minimum Gasteiger partial charge on any atom is -0.383 e. The van der Waals surface area contributed by atoms with Gasteiger partial charge in [0, 0.05) is 42.1 Å². The zero-order valence-electron chi connectivity index (χ0n) is 24.5. The van der Waals surface area contributed by atoms with Gasteiger partial charge in [-0.05, 0) is 89.0 Å². The Morgan fingerprint density at radius 2 is 1.86 bits per heavy atom. The Balaban J connectivity index is 1.20. The molecule has 3 aromatic heterocycles. The maximum Gasteiger partial charge on any atom is 0.278 e. The summed E-state index contributed by atoms with van der Waals surface area (Å²) in [5, 5.41) is 15.2. The maximum absolute atomic E-state index is 13.4. The second-order valence-corrected chi connectivity index (χ2v) is 12.5. The van der Waals surface area contributed by atoms with Crippen LogP contribution in [0, 0.1) is 5.41 Å². The quantitative estimate of drug-likeness (QED) is 0.324. The van der Waals surface area contributed by atoms with E-state index in [1.807, 2.05) is 31.2 Å². The molecule has 1 aliphatic heterocycles. The van der Waals surface area contributed by atoms with Gasteiger partial charge in [0.1, 0.15) is 11.0 Å². The van der Waals surface area contributed by atoms with Crippen molar-refractivity contribution in [3.63, 3.8) is 0 Å². The number of anilines is 3. The van der Waals surface area contributed by atoms with Crippen molar-refractivity contribution in [2.24, 2.45) is 5.41 Å². The number of hydrogen-bond acceptors (Lipinski definition) is 8. The van der Waals surface area contributed by atoms with Crippen LogP contribution in [0.15, 0.2) is 60.0 Å². The molecule has 2 N–H and O–H groups in total. The van der Waals surface area contributed by atoms with Crippen molar-refractivity contribution in [3.05, 3.63) is 76.9 Å². The molecule has 1 atom stereocenters. The molecule has 42 heavy (non-hydrogen) atoms. The summed E-state index contributed by atoms with van der Waals surface area (Å²) in [6.45, 7) is 8.09. The summed E-state index contributed by atoms with van der Waals surface area (Å²) in [5.74, 6) is 0.921. The first kappa shape index (κ1) is 26.9. The third kappa shape index (κ3) is 4.23. The number of piperidine rings is 1. The van der Waals surface area contributed by atoms with Crippen molar-refractivity contribution in [2.75, 3.05) is 37.4 Å².